The van der Waals surface area contributed by atoms with Crippen LogP contribution >= 0.6 is 0 Å². The fourth-order valence-corrected chi connectivity index (χ4v) is 6.58. The molecule has 3 unspecified atom stereocenters. The second-order valence-electron chi connectivity index (χ2n) is 9.02. The molecular weight excluding hydrogens is 316 g/mol. The minimum absolute atomic E-state index is 0.217. The number of ether oxygens (including phenoxy) is 1. The lowest BCUT2D eigenvalue weighted by Gasteiger charge is -2.65. The normalized spacial score (nSPS) is 40.6. The smallest absolute Gasteiger partial charge is 0.237 e. The van der Waals surface area contributed by atoms with Crippen molar-refractivity contribution in [3.8, 4) is 0 Å². The number of hydrogen-bond acceptors (Lipinski definition) is 4. The van der Waals surface area contributed by atoms with Crippen LogP contribution in [0.4, 0.5) is 0 Å². The molecule has 144 valence electrons. The predicted molar refractivity (Wildman–Crippen MR) is 95.8 cm³/mol. The van der Waals surface area contributed by atoms with Gasteiger partial charge in [0.1, 0.15) is 0 Å². The van der Waals surface area contributed by atoms with E-state index in [9.17, 15) is 5.11 Å². The minimum atomic E-state index is -0.640. The Morgan fingerprint density at radius 3 is 1.72 bits per heavy atom. The van der Waals surface area contributed by atoms with E-state index >= 15 is 0 Å². The average molecular weight is 353 g/mol. The van der Waals surface area contributed by atoms with Gasteiger partial charge in [0, 0.05) is 13.0 Å². The van der Waals surface area contributed by atoms with Gasteiger partial charge >= 0.3 is 0 Å². The summed E-state index contributed by atoms with van der Waals surface area (Å²) in [5, 5.41) is 10.3. The molecule has 4 nitrogen and oxygen atoms in total. The molecule has 3 atom stereocenters. The molecule has 0 aromatic rings. The van der Waals surface area contributed by atoms with Crippen molar-refractivity contribution in [3.63, 3.8) is 0 Å². The van der Waals surface area contributed by atoms with Gasteiger partial charge in [-0.15, -0.1) is 0 Å². The highest BCUT2D eigenvalue weighted by molar-refractivity contribution is 5.12. The Balaban J connectivity index is 1.68. The molecule has 1 N–H and O–H groups in total. The highest BCUT2D eigenvalue weighted by Gasteiger charge is 2.73. The van der Waals surface area contributed by atoms with Gasteiger partial charge in [0.2, 0.25) is 5.79 Å². The molecule has 4 aliphatic rings. The van der Waals surface area contributed by atoms with Gasteiger partial charge in [-0.2, -0.15) is 4.89 Å². The van der Waals surface area contributed by atoms with Crippen LogP contribution in [-0.4, -0.2) is 29.7 Å². The Labute approximate surface area is 152 Å². The Kier molecular flexibility index (Phi) is 5.43. The summed E-state index contributed by atoms with van der Waals surface area (Å²) in [7, 11) is 1.81. The van der Waals surface area contributed by atoms with Gasteiger partial charge in [-0.3, -0.25) is 0 Å². The zero-order valence-electron chi connectivity index (χ0n) is 15.9. The van der Waals surface area contributed by atoms with Crippen molar-refractivity contribution in [2.75, 3.05) is 7.11 Å². The molecule has 4 rings (SSSR count). The standard InChI is InChI=1S/C21H36O4/c1-23-21(18-13-8-14-19(22)15-18)20(24-25-21,16-9-4-2-5-10-16)17-11-6-3-7-12-17/h16-19,22H,2-15H2,1H3. The Bertz CT molecular complexity index is 419. The molecule has 0 aromatic heterocycles. The average Bonchev–Trinajstić information content (AvgIpc) is 2.64. The number of aliphatic hydroxyl groups is 1. The predicted octanol–water partition coefficient (Wildman–Crippen LogP) is 4.74. The van der Waals surface area contributed by atoms with Gasteiger partial charge in [-0.05, 0) is 56.8 Å². The largest absolute Gasteiger partial charge is 0.393 e. The van der Waals surface area contributed by atoms with Crippen molar-refractivity contribution in [1.82, 2.24) is 0 Å². The van der Waals surface area contributed by atoms with Gasteiger partial charge in [0.15, 0.2) is 5.60 Å². The topological polar surface area (TPSA) is 47.9 Å². The fraction of sp³-hybridized carbons (Fsp3) is 1.00. The molecule has 0 bridgehead atoms. The van der Waals surface area contributed by atoms with Crippen LogP contribution < -0.4 is 0 Å². The lowest BCUT2D eigenvalue weighted by atomic mass is 9.58. The van der Waals surface area contributed by atoms with E-state index in [1.165, 1.54) is 64.2 Å². The highest BCUT2D eigenvalue weighted by Crippen LogP contribution is 2.62. The zero-order chi connectivity index (χ0) is 17.3. The molecule has 0 amide bonds. The van der Waals surface area contributed by atoms with E-state index in [2.05, 4.69) is 0 Å². The molecule has 25 heavy (non-hydrogen) atoms. The summed E-state index contributed by atoms with van der Waals surface area (Å²) in [6.45, 7) is 0. The summed E-state index contributed by atoms with van der Waals surface area (Å²) in [5.41, 5.74) is -0.287. The molecule has 1 aliphatic heterocycles. The van der Waals surface area contributed by atoms with Gasteiger partial charge in [-0.25, -0.2) is 4.89 Å². The third kappa shape index (κ3) is 2.88. The number of hydrogen-bond donors (Lipinski definition) is 1. The van der Waals surface area contributed by atoms with Crippen molar-refractivity contribution < 1.29 is 19.6 Å². The van der Waals surface area contributed by atoms with E-state index < -0.39 is 5.79 Å². The lowest BCUT2D eigenvalue weighted by Crippen LogP contribution is -2.77. The summed E-state index contributed by atoms with van der Waals surface area (Å²) in [6.07, 6.45) is 16.5. The maximum absolute atomic E-state index is 10.3. The number of rotatable bonds is 4. The van der Waals surface area contributed by atoms with E-state index in [0.717, 1.165) is 25.7 Å². The first-order valence-corrected chi connectivity index (χ1v) is 10.8. The SMILES string of the molecule is COC1(C2CCCC(O)C2)OOC1(C1CCCCC1)C1CCCCC1. The summed E-state index contributed by atoms with van der Waals surface area (Å²) >= 11 is 0. The summed E-state index contributed by atoms with van der Waals surface area (Å²) in [4.78, 5) is 12.1. The second kappa shape index (κ2) is 7.46. The van der Waals surface area contributed by atoms with Gasteiger partial charge in [-0.1, -0.05) is 44.9 Å². The highest BCUT2D eigenvalue weighted by atomic mass is 17.3. The van der Waals surface area contributed by atoms with Crippen molar-refractivity contribution in [2.45, 2.75) is 107 Å². The maximum atomic E-state index is 10.3. The van der Waals surface area contributed by atoms with Gasteiger partial charge < -0.3 is 9.84 Å². The van der Waals surface area contributed by atoms with Crippen molar-refractivity contribution in [2.24, 2.45) is 17.8 Å². The maximum Gasteiger partial charge on any atom is 0.237 e. The molecule has 4 heteroatoms. The van der Waals surface area contributed by atoms with Crippen LogP contribution in [0.5, 0.6) is 0 Å². The summed E-state index contributed by atoms with van der Waals surface area (Å²) in [5.74, 6) is 0.686. The molecular formula is C21H36O4. The summed E-state index contributed by atoms with van der Waals surface area (Å²) < 4.78 is 6.23. The Morgan fingerprint density at radius 2 is 1.28 bits per heavy atom. The molecule has 1 saturated heterocycles. The molecule has 1 heterocycles. The third-order valence-corrected chi connectivity index (χ3v) is 7.76. The van der Waals surface area contributed by atoms with Crippen LogP contribution in [-0.2, 0) is 14.5 Å². The summed E-state index contributed by atoms with van der Waals surface area (Å²) in [6, 6.07) is 0. The first-order valence-electron chi connectivity index (χ1n) is 10.8. The molecule has 0 radical (unpaired) electrons. The molecule has 0 aromatic carbocycles. The van der Waals surface area contributed by atoms with Crippen LogP contribution in [0.1, 0.15) is 89.9 Å². The van der Waals surface area contributed by atoms with Crippen LogP contribution in [0.15, 0.2) is 0 Å². The third-order valence-electron chi connectivity index (χ3n) is 7.76. The monoisotopic (exact) mass is 352 g/mol. The van der Waals surface area contributed by atoms with Gasteiger partial charge in [0.05, 0.1) is 6.10 Å². The minimum Gasteiger partial charge on any atom is -0.393 e. The van der Waals surface area contributed by atoms with Crippen molar-refractivity contribution >= 4 is 0 Å². The van der Waals surface area contributed by atoms with E-state index in [4.69, 9.17) is 14.5 Å². The second-order valence-corrected chi connectivity index (χ2v) is 9.02. The van der Waals surface area contributed by atoms with E-state index in [-0.39, 0.29) is 17.6 Å². The van der Waals surface area contributed by atoms with Gasteiger partial charge in [0.25, 0.3) is 0 Å². The fourth-order valence-electron chi connectivity index (χ4n) is 6.58. The van der Waals surface area contributed by atoms with Crippen molar-refractivity contribution in [1.29, 1.82) is 0 Å². The molecule has 4 fully saturated rings. The van der Waals surface area contributed by atoms with Crippen molar-refractivity contribution in [3.05, 3.63) is 0 Å². The van der Waals surface area contributed by atoms with Crippen LogP contribution in [0.2, 0.25) is 0 Å². The van der Waals surface area contributed by atoms with Crippen LogP contribution in [0.25, 0.3) is 0 Å². The lowest BCUT2D eigenvalue weighted by molar-refractivity contribution is -0.640. The first-order chi connectivity index (χ1) is 12.2. The quantitative estimate of drug-likeness (QED) is 0.742. The van der Waals surface area contributed by atoms with E-state index in [0.29, 0.717) is 11.8 Å². The molecule has 3 aliphatic carbocycles. The van der Waals surface area contributed by atoms with Crippen LogP contribution in [0, 0.1) is 17.8 Å². The number of aliphatic hydroxyl groups excluding tert-OH is 1. The Morgan fingerprint density at radius 1 is 0.720 bits per heavy atom. The zero-order valence-corrected chi connectivity index (χ0v) is 15.9. The van der Waals surface area contributed by atoms with Crippen LogP contribution in [0.3, 0.4) is 0 Å². The van der Waals surface area contributed by atoms with E-state index in [1.807, 2.05) is 7.11 Å². The Hall–Kier alpha value is -0.160. The van der Waals surface area contributed by atoms with E-state index in [1.54, 1.807) is 0 Å². The molecule has 0 spiro atoms. The molecule has 3 saturated carbocycles. The first kappa shape index (κ1) is 18.2. The number of methoxy groups -OCH3 is 1.